The molecule has 6 heteroatoms. The summed E-state index contributed by atoms with van der Waals surface area (Å²) in [5.41, 5.74) is 1.24. The molecule has 2 N–H and O–H groups in total. The molecule has 0 fully saturated rings. The maximum absolute atomic E-state index is 12.3. The first-order valence-electron chi connectivity index (χ1n) is 8.83. The smallest absolute Gasteiger partial charge is 0.267 e. The van der Waals surface area contributed by atoms with Gasteiger partial charge in [-0.3, -0.25) is 4.79 Å². The molecule has 0 radical (unpaired) electrons. The Bertz CT molecular complexity index is 1020. The van der Waals surface area contributed by atoms with Crippen LogP contribution in [0, 0.1) is 11.3 Å². The van der Waals surface area contributed by atoms with Crippen LogP contribution in [0.15, 0.2) is 90.6 Å². The number of nitrogens with one attached hydrogen (secondary N) is 2. The van der Waals surface area contributed by atoms with Gasteiger partial charge < -0.3 is 20.1 Å². The van der Waals surface area contributed by atoms with E-state index in [1.165, 1.54) is 6.20 Å². The average Bonchev–Trinajstić information content (AvgIpc) is 2.77. The topological polar surface area (TPSA) is 83.4 Å². The summed E-state index contributed by atoms with van der Waals surface area (Å²) in [6.07, 6.45) is 1.37. The molecule has 0 aromatic heterocycles. The van der Waals surface area contributed by atoms with Crippen LogP contribution >= 0.6 is 0 Å². The fourth-order valence-electron chi connectivity index (χ4n) is 2.42. The molecule has 6 nitrogen and oxygen atoms in total. The minimum atomic E-state index is -0.509. The van der Waals surface area contributed by atoms with Gasteiger partial charge in [0.1, 0.15) is 28.9 Å². The first-order chi connectivity index (χ1) is 14.2. The van der Waals surface area contributed by atoms with Crippen LogP contribution in [0.25, 0.3) is 0 Å². The molecule has 0 saturated carbocycles. The van der Waals surface area contributed by atoms with Crippen molar-refractivity contribution in [3.63, 3.8) is 0 Å². The number of para-hydroxylation sites is 1. The van der Waals surface area contributed by atoms with Gasteiger partial charge in [-0.15, -0.1) is 0 Å². The van der Waals surface area contributed by atoms with Crippen molar-refractivity contribution in [1.82, 2.24) is 0 Å². The summed E-state index contributed by atoms with van der Waals surface area (Å²) in [4.78, 5) is 12.3. The van der Waals surface area contributed by atoms with Gasteiger partial charge in [0.15, 0.2) is 0 Å². The van der Waals surface area contributed by atoms with Crippen LogP contribution in [0.5, 0.6) is 17.2 Å². The van der Waals surface area contributed by atoms with Crippen LogP contribution < -0.4 is 20.1 Å². The minimum Gasteiger partial charge on any atom is -0.497 e. The second-order valence-corrected chi connectivity index (χ2v) is 5.94. The third-order valence-corrected chi connectivity index (χ3v) is 3.93. The van der Waals surface area contributed by atoms with E-state index < -0.39 is 5.91 Å². The Morgan fingerprint density at radius 1 is 0.862 bits per heavy atom. The molecule has 1 amide bonds. The third-order valence-electron chi connectivity index (χ3n) is 3.93. The van der Waals surface area contributed by atoms with E-state index in [9.17, 15) is 10.1 Å². The lowest BCUT2D eigenvalue weighted by molar-refractivity contribution is -0.112. The summed E-state index contributed by atoms with van der Waals surface area (Å²) in [7, 11) is 1.58. The predicted octanol–water partition coefficient (Wildman–Crippen LogP) is 4.95. The van der Waals surface area contributed by atoms with Crippen molar-refractivity contribution in [2.75, 3.05) is 17.7 Å². The zero-order valence-corrected chi connectivity index (χ0v) is 15.8. The molecule has 0 aliphatic heterocycles. The molecule has 0 aliphatic carbocycles. The zero-order valence-electron chi connectivity index (χ0n) is 15.8. The number of hydrogen-bond acceptors (Lipinski definition) is 5. The molecule has 0 unspecified atom stereocenters. The number of nitrogens with zero attached hydrogens (tertiary/aromatic N) is 1. The molecular formula is C23H19N3O3. The van der Waals surface area contributed by atoms with Gasteiger partial charge in [-0.1, -0.05) is 18.2 Å². The Hall–Kier alpha value is -4.24. The van der Waals surface area contributed by atoms with Gasteiger partial charge in [0.25, 0.3) is 5.91 Å². The van der Waals surface area contributed by atoms with Crippen LogP contribution in [0.3, 0.4) is 0 Å². The van der Waals surface area contributed by atoms with E-state index in [4.69, 9.17) is 9.47 Å². The third kappa shape index (κ3) is 5.62. The van der Waals surface area contributed by atoms with Crippen molar-refractivity contribution in [3.05, 3.63) is 90.6 Å². The fourth-order valence-corrected chi connectivity index (χ4v) is 2.42. The van der Waals surface area contributed by atoms with E-state index in [-0.39, 0.29) is 5.57 Å². The summed E-state index contributed by atoms with van der Waals surface area (Å²) < 4.78 is 10.8. The maximum atomic E-state index is 12.3. The van der Waals surface area contributed by atoms with Crippen molar-refractivity contribution in [2.45, 2.75) is 0 Å². The Kier molecular flexibility index (Phi) is 6.48. The molecule has 3 rings (SSSR count). The predicted molar refractivity (Wildman–Crippen MR) is 112 cm³/mol. The SMILES string of the molecule is COc1ccc(N/C=C(/C#N)C(=O)Nc2ccc(Oc3ccccc3)cc2)cc1. The summed E-state index contributed by atoms with van der Waals surface area (Å²) in [6, 6.07) is 25.3. The van der Waals surface area contributed by atoms with E-state index in [0.29, 0.717) is 11.4 Å². The van der Waals surface area contributed by atoms with Gasteiger partial charge in [-0.25, -0.2) is 0 Å². The zero-order chi connectivity index (χ0) is 20.5. The summed E-state index contributed by atoms with van der Waals surface area (Å²) in [6.45, 7) is 0. The van der Waals surface area contributed by atoms with Crippen molar-refractivity contribution >= 4 is 17.3 Å². The maximum Gasteiger partial charge on any atom is 0.267 e. The molecule has 0 saturated heterocycles. The monoisotopic (exact) mass is 385 g/mol. The summed E-state index contributed by atoms with van der Waals surface area (Å²) in [5.74, 6) is 1.58. The second kappa shape index (κ2) is 9.62. The van der Waals surface area contributed by atoms with E-state index in [0.717, 1.165) is 17.2 Å². The van der Waals surface area contributed by atoms with Gasteiger partial charge in [0.2, 0.25) is 0 Å². The van der Waals surface area contributed by atoms with Gasteiger partial charge in [0, 0.05) is 17.6 Å². The first-order valence-corrected chi connectivity index (χ1v) is 8.83. The Morgan fingerprint density at radius 2 is 1.45 bits per heavy atom. The van der Waals surface area contributed by atoms with Gasteiger partial charge in [0.05, 0.1) is 7.11 Å². The largest absolute Gasteiger partial charge is 0.497 e. The molecule has 3 aromatic carbocycles. The van der Waals surface area contributed by atoms with Gasteiger partial charge in [-0.2, -0.15) is 5.26 Å². The van der Waals surface area contributed by atoms with Crippen molar-refractivity contribution < 1.29 is 14.3 Å². The normalized spacial score (nSPS) is 10.6. The first kappa shape index (κ1) is 19.5. The van der Waals surface area contributed by atoms with Crippen LogP contribution in [0.1, 0.15) is 0 Å². The molecule has 3 aromatic rings. The highest BCUT2D eigenvalue weighted by molar-refractivity contribution is 6.06. The highest BCUT2D eigenvalue weighted by Gasteiger charge is 2.09. The minimum absolute atomic E-state index is 0.0505. The number of ether oxygens (including phenoxy) is 2. The average molecular weight is 385 g/mol. The lowest BCUT2D eigenvalue weighted by Crippen LogP contribution is -2.14. The number of anilines is 2. The highest BCUT2D eigenvalue weighted by Crippen LogP contribution is 2.23. The number of carbonyl (C=O) groups excluding carboxylic acids is 1. The van der Waals surface area contributed by atoms with E-state index in [1.54, 1.807) is 55.6 Å². The van der Waals surface area contributed by atoms with Crippen molar-refractivity contribution in [3.8, 4) is 23.3 Å². The molecule has 0 spiro atoms. The number of methoxy groups -OCH3 is 1. The summed E-state index contributed by atoms with van der Waals surface area (Å²) in [5, 5.41) is 14.9. The molecule has 0 heterocycles. The fraction of sp³-hybridized carbons (Fsp3) is 0.0435. The molecule has 29 heavy (non-hydrogen) atoms. The number of rotatable bonds is 7. The van der Waals surface area contributed by atoms with Crippen LogP contribution in [-0.4, -0.2) is 13.0 Å². The Balaban J connectivity index is 1.60. The van der Waals surface area contributed by atoms with Crippen LogP contribution in [0.4, 0.5) is 11.4 Å². The number of benzene rings is 3. The molecule has 0 atom stereocenters. The molecule has 0 bridgehead atoms. The van der Waals surface area contributed by atoms with Gasteiger partial charge >= 0.3 is 0 Å². The number of amides is 1. The van der Waals surface area contributed by atoms with Crippen molar-refractivity contribution in [1.29, 1.82) is 5.26 Å². The van der Waals surface area contributed by atoms with Gasteiger partial charge in [-0.05, 0) is 60.7 Å². The van der Waals surface area contributed by atoms with E-state index in [1.807, 2.05) is 36.4 Å². The van der Waals surface area contributed by atoms with Crippen LogP contribution in [-0.2, 0) is 4.79 Å². The highest BCUT2D eigenvalue weighted by atomic mass is 16.5. The summed E-state index contributed by atoms with van der Waals surface area (Å²) >= 11 is 0. The van der Waals surface area contributed by atoms with E-state index >= 15 is 0 Å². The quantitative estimate of drug-likeness (QED) is 0.444. The lowest BCUT2D eigenvalue weighted by Gasteiger charge is -2.08. The Labute approximate surface area is 169 Å². The van der Waals surface area contributed by atoms with E-state index in [2.05, 4.69) is 10.6 Å². The number of carbonyl (C=O) groups is 1. The molecule has 144 valence electrons. The number of hydrogen-bond donors (Lipinski definition) is 2. The molecular weight excluding hydrogens is 366 g/mol. The lowest BCUT2D eigenvalue weighted by atomic mass is 10.2. The van der Waals surface area contributed by atoms with Crippen molar-refractivity contribution in [2.24, 2.45) is 0 Å². The Morgan fingerprint density at radius 3 is 2.07 bits per heavy atom. The number of nitriles is 1. The second-order valence-electron chi connectivity index (χ2n) is 5.94. The molecule has 0 aliphatic rings. The standard InChI is InChI=1S/C23H19N3O3/c1-28-20-11-7-18(8-12-20)25-16-17(15-24)23(27)26-19-9-13-22(14-10-19)29-21-5-3-2-4-6-21/h2-14,16,25H,1H3,(H,26,27)/b17-16-. The van der Waals surface area contributed by atoms with Crippen LogP contribution in [0.2, 0.25) is 0 Å².